The summed E-state index contributed by atoms with van der Waals surface area (Å²) in [4.78, 5) is 21.4. The van der Waals surface area contributed by atoms with Crippen LogP contribution in [0.25, 0.3) is 17.1 Å². The second-order valence-corrected chi connectivity index (χ2v) is 5.62. The average molecular weight is 357 g/mol. The number of carbonyl (C=O) groups excluding carboxylic acids is 1. The number of fused-ring (bicyclic) bond motifs is 1. The zero-order valence-corrected chi connectivity index (χ0v) is 14.0. The zero-order valence-electron chi connectivity index (χ0n) is 12.3. The Bertz CT molecular complexity index is 901. The predicted octanol–water partition coefficient (Wildman–Crippen LogP) is 3.96. The number of para-hydroxylation sites is 2. The van der Waals surface area contributed by atoms with Gasteiger partial charge in [-0.15, -0.1) is 12.6 Å². The third-order valence-corrected chi connectivity index (χ3v) is 3.86. The molecule has 0 unspecified atom stereocenters. The topological polar surface area (TPSA) is 49.0 Å². The van der Waals surface area contributed by atoms with E-state index in [0.717, 1.165) is 11.0 Å². The average Bonchev–Trinajstić information content (AvgIpc) is 2.99. The quantitative estimate of drug-likeness (QED) is 0.422. The zero-order chi connectivity index (χ0) is 17.1. The summed E-state index contributed by atoms with van der Waals surface area (Å²) in [6.07, 6.45) is 1.53. The van der Waals surface area contributed by atoms with Crippen LogP contribution in [0.3, 0.4) is 0 Å². The van der Waals surface area contributed by atoms with Gasteiger partial charge in [0.25, 0.3) is 5.91 Å². The Kier molecular flexibility index (Phi) is 4.73. The highest BCUT2D eigenvalue weighted by Crippen LogP contribution is 2.19. The second-order valence-electron chi connectivity index (χ2n) is 4.93. The minimum absolute atomic E-state index is 0.152. The van der Waals surface area contributed by atoms with Crippen molar-refractivity contribution in [3.8, 4) is 0 Å². The fraction of sp³-hybridized carbons (Fsp3) is 0. The van der Waals surface area contributed by atoms with Crippen LogP contribution < -0.4 is 4.90 Å². The molecule has 24 heavy (non-hydrogen) atoms. The summed E-state index contributed by atoms with van der Waals surface area (Å²) in [5, 5.41) is 0. The van der Waals surface area contributed by atoms with Gasteiger partial charge in [0, 0.05) is 5.69 Å². The SMILES string of the molecule is O=C(/C(S)=C\c1nc2ccccc2[nH]1)N(C=S)c1ccc(F)cc1. The van der Waals surface area contributed by atoms with Crippen molar-refractivity contribution in [1.82, 2.24) is 9.97 Å². The molecular formula is C17H12FN3OS2. The standard InChI is InChI=1S/C17H12FN3OS2/c18-11-5-7-12(8-6-11)21(10-23)17(22)15(24)9-16-19-13-3-1-2-4-14(13)20-16/h1-10,24H,(H,19,20)/b15-9+. The number of H-pyrrole nitrogens is 1. The lowest BCUT2D eigenvalue weighted by Crippen LogP contribution is -2.28. The van der Waals surface area contributed by atoms with Crippen LogP contribution in [0.1, 0.15) is 5.82 Å². The second kappa shape index (κ2) is 6.94. The number of hydrogen-bond acceptors (Lipinski definition) is 4. The molecule has 0 bridgehead atoms. The van der Waals surface area contributed by atoms with E-state index >= 15 is 0 Å². The van der Waals surface area contributed by atoms with Gasteiger partial charge in [0.1, 0.15) is 11.6 Å². The van der Waals surface area contributed by atoms with Crippen molar-refractivity contribution in [1.29, 1.82) is 0 Å². The number of nitrogens with one attached hydrogen (secondary N) is 1. The van der Waals surface area contributed by atoms with Crippen LogP contribution in [0.2, 0.25) is 0 Å². The number of halogens is 1. The van der Waals surface area contributed by atoms with Crippen molar-refractivity contribution in [2.24, 2.45) is 0 Å². The molecule has 1 aromatic heterocycles. The van der Waals surface area contributed by atoms with Gasteiger partial charge in [0.2, 0.25) is 0 Å². The van der Waals surface area contributed by atoms with Crippen LogP contribution in [0, 0.1) is 5.82 Å². The molecule has 3 aromatic rings. The Morgan fingerprint density at radius 3 is 2.58 bits per heavy atom. The molecule has 1 amide bonds. The van der Waals surface area contributed by atoms with Gasteiger partial charge in [-0.3, -0.25) is 9.69 Å². The number of thiocarbonyl (C=S) groups is 1. The Morgan fingerprint density at radius 1 is 1.21 bits per heavy atom. The maximum Gasteiger partial charge on any atom is 0.269 e. The van der Waals surface area contributed by atoms with Crippen LogP contribution >= 0.6 is 24.8 Å². The van der Waals surface area contributed by atoms with E-state index in [1.165, 1.54) is 40.7 Å². The first kappa shape index (κ1) is 16.4. The van der Waals surface area contributed by atoms with Crippen LogP contribution in [0.15, 0.2) is 53.4 Å². The molecular weight excluding hydrogens is 345 g/mol. The molecule has 2 aromatic carbocycles. The first-order valence-electron chi connectivity index (χ1n) is 6.98. The van der Waals surface area contributed by atoms with Crippen molar-refractivity contribution in [2.75, 3.05) is 4.90 Å². The number of imidazole rings is 1. The van der Waals surface area contributed by atoms with E-state index in [-0.39, 0.29) is 10.7 Å². The molecule has 4 nitrogen and oxygen atoms in total. The van der Waals surface area contributed by atoms with Gasteiger partial charge in [0.05, 0.1) is 21.4 Å². The molecule has 7 heteroatoms. The summed E-state index contributed by atoms with van der Waals surface area (Å²) < 4.78 is 13.0. The summed E-state index contributed by atoms with van der Waals surface area (Å²) in [6.45, 7) is 0. The summed E-state index contributed by atoms with van der Waals surface area (Å²) in [6, 6.07) is 13.0. The minimum Gasteiger partial charge on any atom is -0.338 e. The maximum atomic E-state index is 13.0. The maximum absolute atomic E-state index is 13.0. The number of nitrogens with zero attached hydrogens (tertiary/aromatic N) is 2. The lowest BCUT2D eigenvalue weighted by Gasteiger charge is -2.16. The Labute approximate surface area is 148 Å². The number of aromatic amines is 1. The van der Waals surface area contributed by atoms with Crippen molar-refractivity contribution in [3.63, 3.8) is 0 Å². The highest BCUT2D eigenvalue weighted by molar-refractivity contribution is 7.86. The molecule has 3 rings (SSSR count). The Morgan fingerprint density at radius 2 is 1.92 bits per heavy atom. The molecule has 0 saturated carbocycles. The van der Waals surface area contributed by atoms with E-state index in [4.69, 9.17) is 12.2 Å². The molecule has 0 aliphatic rings. The monoisotopic (exact) mass is 357 g/mol. The van der Waals surface area contributed by atoms with Gasteiger partial charge in [-0.1, -0.05) is 24.4 Å². The molecule has 0 spiro atoms. The molecule has 120 valence electrons. The minimum atomic E-state index is -0.430. The number of aromatic nitrogens is 2. The van der Waals surface area contributed by atoms with Gasteiger partial charge in [-0.25, -0.2) is 9.37 Å². The van der Waals surface area contributed by atoms with E-state index < -0.39 is 5.91 Å². The molecule has 1 heterocycles. The summed E-state index contributed by atoms with van der Waals surface area (Å²) >= 11 is 9.15. The third-order valence-electron chi connectivity index (χ3n) is 3.33. The lowest BCUT2D eigenvalue weighted by atomic mass is 10.3. The number of carbonyl (C=O) groups is 1. The number of amides is 1. The number of anilines is 1. The fourth-order valence-corrected chi connectivity index (χ4v) is 2.63. The van der Waals surface area contributed by atoms with E-state index in [1.807, 2.05) is 24.3 Å². The molecule has 0 fully saturated rings. The Hall–Kier alpha value is -2.51. The van der Waals surface area contributed by atoms with Crippen LogP contribution in [-0.2, 0) is 4.79 Å². The highest BCUT2D eigenvalue weighted by atomic mass is 32.1. The molecule has 0 aliphatic carbocycles. The van der Waals surface area contributed by atoms with Crippen LogP contribution in [0.4, 0.5) is 10.1 Å². The first-order valence-corrected chi connectivity index (χ1v) is 7.90. The van der Waals surface area contributed by atoms with Crippen molar-refractivity contribution < 1.29 is 9.18 Å². The Balaban J connectivity index is 1.89. The highest BCUT2D eigenvalue weighted by Gasteiger charge is 2.16. The van der Waals surface area contributed by atoms with Gasteiger partial charge >= 0.3 is 0 Å². The lowest BCUT2D eigenvalue weighted by molar-refractivity contribution is -0.113. The van der Waals surface area contributed by atoms with Gasteiger partial charge in [-0.2, -0.15) is 0 Å². The number of hydrogen-bond donors (Lipinski definition) is 2. The normalized spacial score (nSPS) is 11.5. The predicted molar refractivity (Wildman–Crippen MR) is 101 cm³/mol. The van der Waals surface area contributed by atoms with Crippen LogP contribution in [0.5, 0.6) is 0 Å². The third kappa shape index (κ3) is 3.37. The summed E-state index contributed by atoms with van der Waals surface area (Å²) in [7, 11) is 0. The number of thiol groups is 1. The number of rotatable bonds is 4. The molecule has 0 aliphatic heterocycles. The molecule has 0 saturated heterocycles. The van der Waals surface area contributed by atoms with Gasteiger partial charge in [-0.05, 0) is 42.5 Å². The first-order chi connectivity index (χ1) is 11.6. The largest absolute Gasteiger partial charge is 0.338 e. The summed E-state index contributed by atoms with van der Waals surface area (Å²) in [5.41, 5.74) is 3.31. The van der Waals surface area contributed by atoms with E-state index in [0.29, 0.717) is 11.5 Å². The van der Waals surface area contributed by atoms with Crippen LogP contribution in [-0.4, -0.2) is 21.4 Å². The smallest absolute Gasteiger partial charge is 0.269 e. The van der Waals surface area contributed by atoms with E-state index in [2.05, 4.69) is 22.6 Å². The van der Waals surface area contributed by atoms with Crippen molar-refractivity contribution >= 4 is 59.0 Å². The number of benzene rings is 2. The van der Waals surface area contributed by atoms with Gasteiger partial charge in [0.15, 0.2) is 0 Å². The molecule has 0 atom stereocenters. The fourth-order valence-electron chi connectivity index (χ4n) is 2.18. The molecule has 1 N–H and O–H groups in total. The molecule has 0 radical (unpaired) electrons. The summed E-state index contributed by atoms with van der Waals surface area (Å²) in [5.74, 6) is -0.308. The van der Waals surface area contributed by atoms with E-state index in [9.17, 15) is 9.18 Å². The van der Waals surface area contributed by atoms with Gasteiger partial charge < -0.3 is 4.98 Å². The van der Waals surface area contributed by atoms with Crippen molar-refractivity contribution in [2.45, 2.75) is 0 Å². The van der Waals surface area contributed by atoms with Crippen molar-refractivity contribution in [3.05, 3.63) is 65.1 Å². The van der Waals surface area contributed by atoms with E-state index in [1.54, 1.807) is 0 Å².